The lowest BCUT2D eigenvalue weighted by Crippen LogP contribution is -2.39. The van der Waals surface area contributed by atoms with Crippen molar-refractivity contribution in [1.82, 2.24) is 15.1 Å². The van der Waals surface area contributed by atoms with Gasteiger partial charge in [0.2, 0.25) is 0 Å². The van der Waals surface area contributed by atoms with Crippen molar-refractivity contribution in [3.05, 3.63) is 52.8 Å². The van der Waals surface area contributed by atoms with Crippen molar-refractivity contribution in [2.24, 2.45) is 0 Å². The van der Waals surface area contributed by atoms with Gasteiger partial charge in [0, 0.05) is 30.5 Å². The molecule has 1 heterocycles. The molecular weight excluding hydrogens is 290 g/mol. The van der Waals surface area contributed by atoms with Crippen molar-refractivity contribution in [1.29, 1.82) is 0 Å². The lowest BCUT2D eigenvalue weighted by atomic mass is 10.1. The summed E-state index contributed by atoms with van der Waals surface area (Å²) in [6, 6.07) is 9.90. The Morgan fingerprint density at radius 1 is 1.35 bits per heavy atom. The molecule has 1 aliphatic rings. The monoisotopic (exact) mass is 313 g/mol. The van der Waals surface area contributed by atoms with Gasteiger partial charge < -0.3 is 10.0 Å². The second-order valence-electron chi connectivity index (χ2n) is 6.16. The number of aliphatic hydroxyl groups is 1. The number of carbonyl (C=O) groups is 1. The summed E-state index contributed by atoms with van der Waals surface area (Å²) < 4.78 is 0. The quantitative estimate of drug-likeness (QED) is 0.860. The van der Waals surface area contributed by atoms with Gasteiger partial charge in [-0.3, -0.25) is 9.89 Å². The Hall–Kier alpha value is -2.14. The molecule has 1 aliphatic carbocycles. The summed E-state index contributed by atoms with van der Waals surface area (Å²) in [6.45, 7) is 2.57. The lowest BCUT2D eigenvalue weighted by molar-refractivity contribution is 0.0641. The van der Waals surface area contributed by atoms with Gasteiger partial charge in [0.1, 0.15) is 0 Å². The highest BCUT2D eigenvalue weighted by molar-refractivity contribution is 5.94. The van der Waals surface area contributed by atoms with Crippen LogP contribution in [0.1, 0.15) is 47.1 Å². The van der Waals surface area contributed by atoms with E-state index in [1.165, 1.54) is 0 Å². The number of nitrogens with one attached hydrogen (secondary N) is 1. The van der Waals surface area contributed by atoms with E-state index in [2.05, 4.69) is 10.2 Å². The first-order valence-electron chi connectivity index (χ1n) is 8.22. The van der Waals surface area contributed by atoms with Crippen molar-refractivity contribution in [3.63, 3.8) is 0 Å². The number of benzene rings is 1. The highest BCUT2D eigenvalue weighted by atomic mass is 16.3. The summed E-state index contributed by atoms with van der Waals surface area (Å²) >= 11 is 0. The average Bonchev–Trinajstić information content (AvgIpc) is 3.16. The summed E-state index contributed by atoms with van der Waals surface area (Å²) in [5.41, 5.74) is 3.81. The number of nitrogens with zero attached hydrogens (tertiary/aromatic N) is 2. The van der Waals surface area contributed by atoms with Crippen LogP contribution in [-0.2, 0) is 19.4 Å². The normalized spacial score (nSPS) is 14.5. The fourth-order valence-corrected chi connectivity index (χ4v) is 3.18. The first-order chi connectivity index (χ1) is 11.2. The second-order valence-corrected chi connectivity index (χ2v) is 6.16. The molecule has 3 rings (SSSR count). The molecule has 0 saturated carbocycles. The highest BCUT2D eigenvalue weighted by Crippen LogP contribution is 2.25. The van der Waals surface area contributed by atoms with Gasteiger partial charge in [-0.2, -0.15) is 5.10 Å². The number of H-pyrrole nitrogens is 1. The van der Waals surface area contributed by atoms with Crippen LogP contribution in [0.5, 0.6) is 0 Å². The molecule has 0 aliphatic heterocycles. The molecule has 1 unspecified atom stereocenters. The molecule has 5 nitrogen and oxygen atoms in total. The van der Waals surface area contributed by atoms with Crippen molar-refractivity contribution >= 4 is 5.91 Å². The van der Waals surface area contributed by atoms with E-state index in [0.29, 0.717) is 18.7 Å². The number of aromatic amines is 1. The van der Waals surface area contributed by atoms with Crippen LogP contribution in [-0.4, -0.2) is 38.8 Å². The SMILES string of the molecule is CC(CCO)N(Cc1ccccc1)C(=O)c1n[nH]c2c1CCC2. The maximum absolute atomic E-state index is 13.0. The molecule has 5 heteroatoms. The molecule has 2 N–H and O–H groups in total. The maximum Gasteiger partial charge on any atom is 0.275 e. The predicted molar refractivity (Wildman–Crippen MR) is 88.1 cm³/mol. The number of hydrogen-bond donors (Lipinski definition) is 2. The Balaban J connectivity index is 1.86. The Labute approximate surface area is 136 Å². The van der Waals surface area contributed by atoms with Gasteiger partial charge in [-0.1, -0.05) is 30.3 Å². The summed E-state index contributed by atoms with van der Waals surface area (Å²) in [4.78, 5) is 14.9. The van der Waals surface area contributed by atoms with Crippen molar-refractivity contribution in [2.45, 2.75) is 45.2 Å². The number of aromatic nitrogens is 2. The smallest absolute Gasteiger partial charge is 0.275 e. The average molecular weight is 313 g/mol. The standard InChI is InChI=1S/C18H23N3O2/c1-13(10-11-22)21(12-14-6-3-2-4-7-14)18(23)17-15-8-5-9-16(15)19-20-17/h2-4,6-7,13,22H,5,8-12H2,1H3,(H,19,20). The molecule has 1 amide bonds. The van der Waals surface area contributed by atoms with E-state index in [1.807, 2.05) is 42.2 Å². The molecule has 0 radical (unpaired) electrons. The Kier molecular flexibility index (Phi) is 4.76. The van der Waals surface area contributed by atoms with Crippen LogP contribution in [0.2, 0.25) is 0 Å². The van der Waals surface area contributed by atoms with E-state index < -0.39 is 0 Å². The third-order valence-corrected chi connectivity index (χ3v) is 4.54. The third kappa shape index (κ3) is 3.29. The lowest BCUT2D eigenvalue weighted by Gasteiger charge is -2.29. The van der Waals surface area contributed by atoms with E-state index in [0.717, 1.165) is 36.1 Å². The zero-order valence-electron chi connectivity index (χ0n) is 13.5. The molecule has 1 aromatic carbocycles. The van der Waals surface area contributed by atoms with E-state index in [-0.39, 0.29) is 18.6 Å². The Morgan fingerprint density at radius 3 is 2.87 bits per heavy atom. The van der Waals surface area contributed by atoms with Gasteiger partial charge >= 0.3 is 0 Å². The molecule has 2 aromatic rings. The number of amides is 1. The van der Waals surface area contributed by atoms with Gasteiger partial charge in [0.05, 0.1) is 0 Å². The molecule has 122 valence electrons. The van der Waals surface area contributed by atoms with Crippen LogP contribution < -0.4 is 0 Å². The molecule has 0 bridgehead atoms. The number of hydrogen-bond acceptors (Lipinski definition) is 3. The van der Waals surface area contributed by atoms with Gasteiger partial charge in [-0.25, -0.2) is 0 Å². The number of carbonyl (C=O) groups excluding carboxylic acids is 1. The minimum absolute atomic E-state index is 0.0403. The summed E-state index contributed by atoms with van der Waals surface area (Å²) in [5, 5.41) is 16.5. The van der Waals surface area contributed by atoms with Crippen molar-refractivity contribution in [3.8, 4) is 0 Å². The molecule has 1 aromatic heterocycles. The largest absolute Gasteiger partial charge is 0.396 e. The van der Waals surface area contributed by atoms with Crippen LogP contribution in [0, 0.1) is 0 Å². The molecule has 1 atom stereocenters. The fraction of sp³-hybridized carbons (Fsp3) is 0.444. The molecule has 0 spiro atoms. The summed E-state index contributed by atoms with van der Waals surface area (Å²) in [6.07, 6.45) is 3.53. The van der Waals surface area contributed by atoms with E-state index in [9.17, 15) is 9.90 Å². The van der Waals surface area contributed by atoms with Gasteiger partial charge in [0.15, 0.2) is 5.69 Å². The zero-order chi connectivity index (χ0) is 16.2. The third-order valence-electron chi connectivity index (χ3n) is 4.54. The number of fused-ring (bicyclic) bond motifs is 1. The number of aryl methyl sites for hydroxylation is 1. The van der Waals surface area contributed by atoms with Crippen LogP contribution >= 0.6 is 0 Å². The zero-order valence-corrected chi connectivity index (χ0v) is 13.5. The molecule has 23 heavy (non-hydrogen) atoms. The van der Waals surface area contributed by atoms with Crippen molar-refractivity contribution in [2.75, 3.05) is 6.61 Å². The van der Waals surface area contributed by atoms with Gasteiger partial charge in [-0.15, -0.1) is 0 Å². The second kappa shape index (κ2) is 6.96. The Morgan fingerprint density at radius 2 is 2.13 bits per heavy atom. The first kappa shape index (κ1) is 15.7. The minimum atomic E-state index is -0.0470. The first-order valence-corrected chi connectivity index (χ1v) is 8.22. The fourth-order valence-electron chi connectivity index (χ4n) is 3.18. The molecule has 0 saturated heterocycles. The highest BCUT2D eigenvalue weighted by Gasteiger charge is 2.28. The van der Waals surface area contributed by atoms with Crippen LogP contribution in [0.25, 0.3) is 0 Å². The van der Waals surface area contributed by atoms with Gasteiger partial charge in [-0.05, 0) is 38.2 Å². The maximum atomic E-state index is 13.0. The van der Waals surface area contributed by atoms with Crippen LogP contribution in [0.3, 0.4) is 0 Å². The van der Waals surface area contributed by atoms with E-state index in [4.69, 9.17) is 0 Å². The molecule has 0 fully saturated rings. The van der Waals surface area contributed by atoms with Gasteiger partial charge in [0.25, 0.3) is 5.91 Å². The number of aliphatic hydroxyl groups excluding tert-OH is 1. The molecular formula is C18H23N3O2. The Bertz CT molecular complexity index is 666. The minimum Gasteiger partial charge on any atom is -0.396 e. The van der Waals surface area contributed by atoms with Crippen molar-refractivity contribution < 1.29 is 9.90 Å². The number of rotatable bonds is 6. The van der Waals surface area contributed by atoms with Crippen LogP contribution in [0.4, 0.5) is 0 Å². The summed E-state index contributed by atoms with van der Waals surface area (Å²) in [5.74, 6) is -0.0470. The van der Waals surface area contributed by atoms with E-state index >= 15 is 0 Å². The summed E-state index contributed by atoms with van der Waals surface area (Å²) in [7, 11) is 0. The van der Waals surface area contributed by atoms with Crippen LogP contribution in [0.15, 0.2) is 30.3 Å². The van der Waals surface area contributed by atoms with E-state index in [1.54, 1.807) is 0 Å². The predicted octanol–water partition coefficient (Wildman–Crippen LogP) is 2.31. The topological polar surface area (TPSA) is 69.2 Å².